The Hall–Kier alpha value is -8.95. The Bertz CT molecular complexity index is 3020. The fraction of sp³-hybridized carbons (Fsp3) is 0.361. The van der Waals surface area contributed by atoms with Gasteiger partial charge in [0.2, 0.25) is 0 Å². The van der Waals surface area contributed by atoms with E-state index in [9.17, 15) is 28.8 Å². The van der Waals surface area contributed by atoms with Crippen molar-refractivity contribution in [3.05, 3.63) is 193 Å². The summed E-state index contributed by atoms with van der Waals surface area (Å²) in [7, 11) is 3.93. The molecule has 3 aromatic heterocycles. The zero-order valence-corrected chi connectivity index (χ0v) is 47.0. The summed E-state index contributed by atoms with van der Waals surface area (Å²) in [6, 6.07) is 35.6. The number of carbonyl (C=O) groups excluding carboxylic acids is 6. The van der Waals surface area contributed by atoms with Crippen LogP contribution < -0.4 is 20.7 Å². The van der Waals surface area contributed by atoms with Gasteiger partial charge in [-0.1, -0.05) is 129 Å². The molecule has 3 atom stereocenters. The van der Waals surface area contributed by atoms with E-state index in [0.29, 0.717) is 38.1 Å². The molecule has 3 amide bonds. The highest BCUT2D eigenvalue weighted by Crippen LogP contribution is 2.12. The second kappa shape index (κ2) is 34.3. The van der Waals surface area contributed by atoms with Crippen molar-refractivity contribution in [2.45, 2.75) is 83.2 Å². The molecule has 1 fully saturated rings. The summed E-state index contributed by atoms with van der Waals surface area (Å²) in [6.07, 6.45) is 14.3. The van der Waals surface area contributed by atoms with Crippen LogP contribution in [0.25, 0.3) is 0 Å². The second-order valence-electron chi connectivity index (χ2n) is 19.0. The van der Waals surface area contributed by atoms with E-state index in [4.69, 9.17) is 23.7 Å². The highest BCUT2D eigenvalue weighted by Gasteiger charge is 2.26. The number of aromatic nitrogens is 6. The third-order valence-electron chi connectivity index (χ3n) is 13.0. The Balaban J connectivity index is 0.000000198. The van der Waals surface area contributed by atoms with Crippen molar-refractivity contribution >= 4 is 35.6 Å². The molecular weight excluding hydrogens is 1050 g/mol. The molecular formula is C61H74N10O11. The Labute approximate surface area is 478 Å². The molecule has 4 heterocycles. The van der Waals surface area contributed by atoms with Gasteiger partial charge < -0.3 is 53.3 Å². The smallest absolute Gasteiger partial charge is 0.328 e. The first-order valence-electron chi connectivity index (χ1n) is 27.3. The van der Waals surface area contributed by atoms with Gasteiger partial charge in [0, 0.05) is 70.6 Å². The molecule has 0 radical (unpaired) electrons. The predicted octanol–water partition coefficient (Wildman–Crippen LogP) is 5.79. The van der Waals surface area contributed by atoms with Crippen LogP contribution in [-0.2, 0) is 72.2 Å². The number of ether oxygens (including phenoxy) is 5. The fourth-order valence-electron chi connectivity index (χ4n) is 8.46. The quantitative estimate of drug-likeness (QED) is 0.0330. The molecule has 82 heavy (non-hydrogen) atoms. The molecule has 4 aromatic carbocycles. The summed E-state index contributed by atoms with van der Waals surface area (Å²) in [4.78, 5) is 88.5. The number of nitrogens with zero attached hydrogens (tertiary/aromatic N) is 7. The van der Waals surface area contributed by atoms with Crippen molar-refractivity contribution in [1.82, 2.24) is 49.5 Å². The average molecular weight is 1120 g/mol. The van der Waals surface area contributed by atoms with Gasteiger partial charge in [-0.2, -0.15) is 0 Å². The van der Waals surface area contributed by atoms with Gasteiger partial charge in [0.15, 0.2) is 0 Å². The molecule has 0 spiro atoms. The van der Waals surface area contributed by atoms with Crippen molar-refractivity contribution in [1.29, 1.82) is 0 Å². The molecule has 0 saturated carbocycles. The number of amides is 3. The predicted molar refractivity (Wildman–Crippen MR) is 306 cm³/mol. The highest BCUT2D eigenvalue weighted by molar-refractivity contribution is 5.96. The lowest BCUT2D eigenvalue weighted by molar-refractivity contribution is -0.143. The van der Waals surface area contributed by atoms with E-state index < -0.39 is 47.8 Å². The molecule has 1 saturated heterocycles. The molecule has 7 aromatic rings. The molecule has 1 aliphatic rings. The summed E-state index contributed by atoms with van der Waals surface area (Å²) in [5, 5.41) is 8.17. The van der Waals surface area contributed by atoms with Gasteiger partial charge in [0.05, 0.1) is 60.1 Å². The van der Waals surface area contributed by atoms with Crippen LogP contribution in [0.5, 0.6) is 5.75 Å². The number of rotatable bonds is 26. The van der Waals surface area contributed by atoms with Crippen LogP contribution in [-0.4, -0.2) is 148 Å². The van der Waals surface area contributed by atoms with Crippen molar-refractivity contribution in [3.63, 3.8) is 0 Å². The molecule has 0 unspecified atom stereocenters. The summed E-state index contributed by atoms with van der Waals surface area (Å²) in [5.74, 6) is -1.87. The molecule has 21 heteroatoms. The Morgan fingerprint density at radius 2 is 0.854 bits per heavy atom. The van der Waals surface area contributed by atoms with E-state index >= 15 is 0 Å². The first-order valence-corrected chi connectivity index (χ1v) is 27.3. The zero-order chi connectivity index (χ0) is 58.3. The zero-order valence-electron chi connectivity index (χ0n) is 47.0. The minimum absolute atomic E-state index is 0.228. The fourth-order valence-corrected chi connectivity index (χ4v) is 8.46. The lowest BCUT2D eigenvalue weighted by Crippen LogP contribution is -2.43. The number of nitrogens with one attached hydrogen (secondary N) is 3. The van der Waals surface area contributed by atoms with E-state index in [-0.39, 0.29) is 17.3 Å². The van der Waals surface area contributed by atoms with Crippen LogP contribution in [0.3, 0.4) is 0 Å². The van der Waals surface area contributed by atoms with E-state index in [2.05, 4.69) is 42.7 Å². The monoisotopic (exact) mass is 1120 g/mol. The van der Waals surface area contributed by atoms with Crippen LogP contribution >= 0.6 is 0 Å². The van der Waals surface area contributed by atoms with E-state index in [0.717, 1.165) is 87.6 Å². The summed E-state index contributed by atoms with van der Waals surface area (Å²) < 4.78 is 31.0. The summed E-state index contributed by atoms with van der Waals surface area (Å²) in [5.41, 5.74) is 3.62. The number of esters is 3. The van der Waals surface area contributed by atoms with Crippen molar-refractivity contribution < 1.29 is 52.5 Å². The second-order valence-corrected chi connectivity index (χ2v) is 19.0. The molecule has 434 valence electrons. The van der Waals surface area contributed by atoms with Crippen LogP contribution in [0.4, 0.5) is 0 Å². The number of carbonyl (C=O) groups is 6. The number of imidazole rings is 3. The highest BCUT2D eigenvalue weighted by atomic mass is 16.5. The maximum Gasteiger partial charge on any atom is 0.328 e. The van der Waals surface area contributed by atoms with Crippen LogP contribution in [0.1, 0.15) is 74.3 Å². The molecule has 8 rings (SSSR count). The maximum absolute atomic E-state index is 12.6. The topological polar surface area (TPSA) is 241 Å². The van der Waals surface area contributed by atoms with Gasteiger partial charge in [-0.25, -0.2) is 29.3 Å². The van der Waals surface area contributed by atoms with Crippen molar-refractivity contribution in [2.24, 2.45) is 0 Å². The molecule has 0 aliphatic carbocycles. The number of aryl methyl sites for hydroxylation is 1. The minimum atomic E-state index is -0.790. The minimum Gasteiger partial charge on any atom is -0.492 e. The summed E-state index contributed by atoms with van der Waals surface area (Å²) >= 11 is 0. The lowest BCUT2D eigenvalue weighted by Gasteiger charge is -2.26. The van der Waals surface area contributed by atoms with Crippen molar-refractivity contribution in [2.75, 3.05) is 60.8 Å². The summed E-state index contributed by atoms with van der Waals surface area (Å²) in [6.45, 7) is 8.93. The number of hydrogen-bond acceptors (Lipinski definition) is 15. The van der Waals surface area contributed by atoms with E-state index in [1.165, 1.54) is 21.3 Å². The number of methoxy groups -OCH3 is 3. The van der Waals surface area contributed by atoms with Gasteiger partial charge in [-0.05, 0) is 35.2 Å². The third-order valence-corrected chi connectivity index (χ3v) is 13.0. The van der Waals surface area contributed by atoms with Gasteiger partial charge in [-0.3, -0.25) is 19.3 Å². The maximum atomic E-state index is 12.6. The number of benzene rings is 4. The normalized spacial score (nSPS) is 13.0. The first-order chi connectivity index (χ1) is 39.9. The molecule has 21 nitrogen and oxygen atoms in total. The Kier molecular flexibility index (Phi) is 26.0. The Morgan fingerprint density at radius 1 is 0.488 bits per heavy atom. The van der Waals surface area contributed by atoms with Gasteiger partial charge in [-0.15, -0.1) is 0 Å². The first kappa shape index (κ1) is 62.3. The van der Waals surface area contributed by atoms with Crippen LogP contribution in [0.15, 0.2) is 159 Å². The number of morpholine rings is 1. The largest absolute Gasteiger partial charge is 0.492 e. The standard InChI is InChI=1S/C22H23N3O4.C20H26N4O4.C19H25N3O3/c1-28-22(27)19(14-17-8-4-2-5-9-17)24-21(26)20-15-25(16-23-20)12-13-29-18-10-6-3-7-11-18;1-27-20(26)17(13-16-5-3-2-4-6-16)22-19(25)18-14-24(15-21-18)8-7-23-9-11-28-12-10-23;1-3-4-8-11-22-13-17(20-14-22)18(23)21-16(19(24)25-2)12-15-9-6-5-7-10-15/h2-11,15-16,19H,12-14H2,1H3,(H,24,26);2-6,14-15,17H,7-13H2,1H3,(H,22,25);5-7,9-10,13-14,16H,3-4,8,11-12H2,1-2H3,(H,21,23)/t19-;17-;16-/m000/s1. The van der Waals surface area contributed by atoms with E-state index in [1.54, 1.807) is 42.1 Å². The number of para-hydroxylation sites is 1. The van der Waals surface area contributed by atoms with Gasteiger partial charge >= 0.3 is 17.9 Å². The SMILES string of the molecule is CCCCCn1cnc(C(=O)N[C@@H](Cc2ccccc2)C(=O)OC)c1.COC(=O)[C@H](Cc1ccccc1)NC(=O)c1cn(CCN2CCOCC2)cn1.COC(=O)[C@H](Cc1ccccc1)NC(=O)c1cn(CCOc2ccccc2)cn1. The average Bonchev–Trinajstić information content (AvgIpc) is 4.36. The number of unbranched alkanes of at least 4 members (excludes halogenated alkanes) is 2. The van der Waals surface area contributed by atoms with Crippen LogP contribution in [0.2, 0.25) is 0 Å². The third kappa shape index (κ3) is 21.3. The molecule has 1 aliphatic heterocycles. The number of hydrogen-bond donors (Lipinski definition) is 3. The van der Waals surface area contributed by atoms with Crippen molar-refractivity contribution in [3.8, 4) is 5.75 Å². The Morgan fingerprint density at radius 3 is 1.23 bits per heavy atom. The molecule has 0 bridgehead atoms. The van der Waals surface area contributed by atoms with E-state index in [1.807, 2.05) is 130 Å². The lowest BCUT2D eigenvalue weighted by atomic mass is 10.1. The molecule has 3 N–H and O–H groups in total. The van der Waals surface area contributed by atoms with Gasteiger partial charge in [0.1, 0.15) is 47.6 Å². The van der Waals surface area contributed by atoms with Gasteiger partial charge in [0.25, 0.3) is 17.7 Å². The van der Waals surface area contributed by atoms with Crippen LogP contribution in [0, 0.1) is 0 Å².